The highest BCUT2D eigenvalue weighted by Gasteiger charge is 2.43. The Hall–Kier alpha value is -4.34. The molecule has 0 saturated carbocycles. The number of aromatic amines is 1. The van der Waals surface area contributed by atoms with Crippen molar-refractivity contribution in [2.45, 2.75) is 6.36 Å². The van der Waals surface area contributed by atoms with E-state index >= 15 is 0 Å². The Kier molecular flexibility index (Phi) is 5.87. The standard InChI is InChI=1S/C23H19F3N6O4/c24-23(25,26)36-17-2-4-20(14(5-17)7-27)35-12-21(33)31-8-15-10-32(11-16(15)9-31)22(34)13-1-3-18-19(6-13)29-30-28-18/h1-6,15-16H,8-12H2,(H,28,29,30). The largest absolute Gasteiger partial charge is 0.573 e. The molecule has 2 saturated heterocycles. The summed E-state index contributed by atoms with van der Waals surface area (Å²) in [4.78, 5) is 29.1. The molecule has 3 heterocycles. The lowest BCUT2D eigenvalue weighted by Gasteiger charge is -2.22. The summed E-state index contributed by atoms with van der Waals surface area (Å²) in [5.74, 6) is -0.717. The van der Waals surface area contributed by atoms with Crippen LogP contribution in [0, 0.1) is 23.2 Å². The summed E-state index contributed by atoms with van der Waals surface area (Å²) >= 11 is 0. The number of fused-ring (bicyclic) bond motifs is 2. The quantitative estimate of drug-likeness (QED) is 0.570. The predicted octanol–water partition coefficient (Wildman–Crippen LogP) is 2.34. The molecule has 5 rings (SSSR count). The van der Waals surface area contributed by atoms with Gasteiger partial charge in [0.2, 0.25) is 0 Å². The molecule has 2 amide bonds. The van der Waals surface area contributed by atoms with Gasteiger partial charge in [0.15, 0.2) is 6.61 Å². The van der Waals surface area contributed by atoms with Crippen molar-refractivity contribution >= 4 is 22.8 Å². The molecule has 1 aromatic heterocycles. The minimum absolute atomic E-state index is 0.0133. The summed E-state index contributed by atoms with van der Waals surface area (Å²) in [6.07, 6.45) is -4.89. The number of H-pyrrole nitrogens is 1. The van der Waals surface area contributed by atoms with Crippen LogP contribution in [-0.2, 0) is 4.79 Å². The summed E-state index contributed by atoms with van der Waals surface area (Å²) in [5, 5.41) is 19.6. The fourth-order valence-electron chi connectivity index (χ4n) is 4.67. The van der Waals surface area contributed by atoms with Crippen LogP contribution in [0.25, 0.3) is 11.0 Å². The molecule has 2 fully saturated rings. The molecule has 2 aliphatic rings. The van der Waals surface area contributed by atoms with E-state index in [9.17, 15) is 28.0 Å². The van der Waals surface area contributed by atoms with Gasteiger partial charge >= 0.3 is 6.36 Å². The second-order valence-electron chi connectivity index (χ2n) is 8.68. The van der Waals surface area contributed by atoms with Gasteiger partial charge < -0.3 is 19.3 Å². The maximum atomic E-state index is 12.9. The van der Waals surface area contributed by atoms with Crippen LogP contribution in [0.4, 0.5) is 13.2 Å². The third-order valence-corrected chi connectivity index (χ3v) is 6.36. The second-order valence-corrected chi connectivity index (χ2v) is 8.68. The first-order chi connectivity index (χ1) is 17.2. The Labute approximate surface area is 202 Å². The van der Waals surface area contributed by atoms with E-state index in [-0.39, 0.29) is 41.6 Å². The smallest absolute Gasteiger partial charge is 0.482 e. The number of halogens is 3. The minimum Gasteiger partial charge on any atom is -0.482 e. The maximum Gasteiger partial charge on any atom is 0.573 e. The highest BCUT2D eigenvalue weighted by Crippen LogP contribution is 2.33. The van der Waals surface area contributed by atoms with E-state index < -0.39 is 12.1 Å². The van der Waals surface area contributed by atoms with Gasteiger partial charge in [0, 0.05) is 49.6 Å². The van der Waals surface area contributed by atoms with E-state index in [1.165, 1.54) is 0 Å². The Bertz CT molecular complexity index is 1350. The molecular formula is C23H19F3N6O4. The van der Waals surface area contributed by atoms with E-state index in [2.05, 4.69) is 20.1 Å². The van der Waals surface area contributed by atoms with Crippen molar-refractivity contribution in [3.05, 3.63) is 47.5 Å². The van der Waals surface area contributed by atoms with Crippen molar-refractivity contribution in [2.75, 3.05) is 32.8 Å². The number of aromatic nitrogens is 3. The number of ether oxygens (including phenoxy) is 2. The highest BCUT2D eigenvalue weighted by atomic mass is 19.4. The van der Waals surface area contributed by atoms with E-state index in [1.54, 1.807) is 34.1 Å². The molecule has 10 nitrogen and oxygen atoms in total. The van der Waals surface area contributed by atoms with Crippen molar-refractivity contribution in [1.82, 2.24) is 25.2 Å². The summed E-state index contributed by atoms with van der Waals surface area (Å²) in [7, 11) is 0. The number of hydrogen-bond acceptors (Lipinski definition) is 7. The minimum atomic E-state index is -4.89. The zero-order valence-electron chi connectivity index (χ0n) is 18.7. The second kappa shape index (κ2) is 9.03. The number of amides is 2. The van der Waals surface area contributed by atoms with Crippen molar-refractivity contribution in [2.24, 2.45) is 11.8 Å². The van der Waals surface area contributed by atoms with Crippen LogP contribution < -0.4 is 9.47 Å². The van der Waals surface area contributed by atoms with Crippen molar-refractivity contribution in [1.29, 1.82) is 5.26 Å². The first-order valence-corrected chi connectivity index (χ1v) is 11.0. The maximum absolute atomic E-state index is 12.9. The summed E-state index contributed by atoms with van der Waals surface area (Å²) < 4.78 is 46.4. The molecule has 1 N–H and O–H groups in total. The number of likely N-dealkylation sites (tertiary alicyclic amines) is 2. The average Bonchev–Trinajstić information content (AvgIpc) is 3.55. The van der Waals surface area contributed by atoms with Crippen molar-refractivity contribution in [3.8, 4) is 17.6 Å². The molecule has 186 valence electrons. The van der Waals surface area contributed by atoms with Crippen LogP contribution in [0.5, 0.6) is 11.5 Å². The molecule has 0 spiro atoms. The van der Waals surface area contributed by atoms with E-state index in [4.69, 9.17) is 4.74 Å². The molecule has 0 aliphatic carbocycles. The normalized spacial score (nSPS) is 19.3. The Morgan fingerprint density at radius 1 is 1.08 bits per heavy atom. The molecule has 2 unspecified atom stereocenters. The van der Waals surface area contributed by atoms with Crippen molar-refractivity contribution < 1.29 is 32.2 Å². The number of carbonyl (C=O) groups excluding carboxylic acids is 2. The van der Waals surface area contributed by atoms with Crippen LogP contribution in [-0.4, -0.2) is 76.2 Å². The van der Waals surface area contributed by atoms with E-state index in [1.807, 2.05) is 0 Å². The number of benzene rings is 2. The summed E-state index contributed by atoms with van der Waals surface area (Å²) in [6.45, 7) is 1.59. The Balaban J connectivity index is 1.15. The van der Waals surface area contributed by atoms with Gasteiger partial charge in [0.25, 0.3) is 11.8 Å². The van der Waals surface area contributed by atoms with Gasteiger partial charge in [-0.1, -0.05) is 5.21 Å². The molecule has 13 heteroatoms. The number of hydrogen-bond donors (Lipinski definition) is 1. The highest BCUT2D eigenvalue weighted by molar-refractivity contribution is 5.97. The van der Waals surface area contributed by atoms with Gasteiger partial charge in [-0.2, -0.15) is 5.26 Å². The number of alkyl halides is 3. The topological polar surface area (TPSA) is 124 Å². The average molecular weight is 500 g/mol. The van der Waals surface area contributed by atoms with Crippen LogP contribution in [0.3, 0.4) is 0 Å². The number of nitrogens with zero attached hydrogens (tertiary/aromatic N) is 5. The van der Waals surface area contributed by atoms with Crippen LogP contribution >= 0.6 is 0 Å². The molecule has 2 aromatic carbocycles. The fourth-order valence-corrected chi connectivity index (χ4v) is 4.67. The van der Waals surface area contributed by atoms with Gasteiger partial charge in [-0.05, 0) is 30.3 Å². The lowest BCUT2D eigenvalue weighted by Crippen LogP contribution is -2.37. The molecular weight excluding hydrogens is 481 g/mol. The van der Waals surface area contributed by atoms with Crippen LogP contribution in [0.15, 0.2) is 36.4 Å². The summed E-state index contributed by atoms with van der Waals surface area (Å²) in [5.41, 5.74) is 1.70. The molecule has 2 aliphatic heterocycles. The number of rotatable bonds is 5. The summed E-state index contributed by atoms with van der Waals surface area (Å²) in [6, 6.07) is 9.99. The van der Waals surface area contributed by atoms with Gasteiger partial charge in [-0.25, -0.2) is 0 Å². The number of nitrogens with one attached hydrogen (secondary N) is 1. The SMILES string of the molecule is N#Cc1cc(OC(F)(F)F)ccc1OCC(=O)N1CC2CN(C(=O)c3ccc4[nH]nnc4c3)CC2C1. The van der Waals surface area contributed by atoms with Gasteiger partial charge in [-0.3, -0.25) is 14.7 Å². The molecule has 3 aromatic rings. The Morgan fingerprint density at radius 2 is 1.81 bits per heavy atom. The molecule has 2 atom stereocenters. The lowest BCUT2D eigenvalue weighted by atomic mass is 10.0. The molecule has 0 radical (unpaired) electrons. The molecule has 36 heavy (non-hydrogen) atoms. The van der Waals surface area contributed by atoms with Crippen molar-refractivity contribution in [3.63, 3.8) is 0 Å². The van der Waals surface area contributed by atoms with Crippen LogP contribution in [0.2, 0.25) is 0 Å². The van der Waals surface area contributed by atoms with Gasteiger partial charge in [0.1, 0.15) is 23.1 Å². The van der Waals surface area contributed by atoms with Gasteiger partial charge in [-0.15, -0.1) is 18.3 Å². The fraction of sp³-hybridized carbons (Fsp3) is 0.348. The van der Waals surface area contributed by atoms with Gasteiger partial charge in [0.05, 0.1) is 11.1 Å². The zero-order valence-corrected chi connectivity index (χ0v) is 18.7. The third kappa shape index (κ3) is 4.74. The zero-order chi connectivity index (χ0) is 25.4. The lowest BCUT2D eigenvalue weighted by molar-refractivity contribution is -0.274. The predicted molar refractivity (Wildman–Crippen MR) is 117 cm³/mol. The first-order valence-electron chi connectivity index (χ1n) is 11.0. The number of carbonyl (C=O) groups is 2. The number of nitriles is 1. The molecule has 0 bridgehead atoms. The van der Waals surface area contributed by atoms with E-state index in [0.29, 0.717) is 37.3 Å². The Morgan fingerprint density at radius 3 is 2.50 bits per heavy atom. The van der Waals surface area contributed by atoms with Crippen LogP contribution in [0.1, 0.15) is 15.9 Å². The van der Waals surface area contributed by atoms with E-state index in [0.717, 1.165) is 23.7 Å². The third-order valence-electron chi connectivity index (χ3n) is 6.36. The monoisotopic (exact) mass is 500 g/mol. The first kappa shape index (κ1) is 23.4.